The molecule has 0 spiro atoms. The van der Waals surface area contributed by atoms with E-state index in [1.807, 2.05) is 5.38 Å². The monoisotopic (exact) mass is 230 g/mol. The summed E-state index contributed by atoms with van der Waals surface area (Å²) in [5.74, 6) is 1.33. The largest absolute Gasteiger partial charge is 0.316 e. The molecular formula is C9H14N2OS2. The van der Waals surface area contributed by atoms with Gasteiger partial charge in [0.15, 0.2) is 4.34 Å². The molecule has 5 heteroatoms. The zero-order valence-electron chi connectivity index (χ0n) is 7.94. The maximum Gasteiger partial charge on any atom is 0.180 e. The molecule has 1 fully saturated rings. The van der Waals surface area contributed by atoms with Crippen LogP contribution >= 0.6 is 11.3 Å². The quantitative estimate of drug-likeness (QED) is 0.850. The molecular weight excluding hydrogens is 216 g/mol. The first-order valence-corrected chi connectivity index (χ1v) is 7.04. The van der Waals surface area contributed by atoms with E-state index >= 15 is 0 Å². The summed E-state index contributed by atoms with van der Waals surface area (Å²) < 4.78 is 12.6. The van der Waals surface area contributed by atoms with E-state index in [0.29, 0.717) is 5.92 Å². The summed E-state index contributed by atoms with van der Waals surface area (Å²) in [4.78, 5) is 4.08. The van der Waals surface area contributed by atoms with Crippen LogP contribution in [-0.2, 0) is 10.8 Å². The highest BCUT2D eigenvalue weighted by Gasteiger charge is 2.17. The fourth-order valence-corrected chi connectivity index (χ4v) is 3.87. The number of nitrogens with one attached hydrogen (secondary N) is 1. The van der Waals surface area contributed by atoms with Gasteiger partial charge in [-0.15, -0.1) is 11.3 Å². The Balaban J connectivity index is 1.87. The van der Waals surface area contributed by atoms with Crippen molar-refractivity contribution >= 4 is 22.1 Å². The fraction of sp³-hybridized carbons (Fsp3) is 0.667. The first-order valence-electron chi connectivity index (χ1n) is 4.85. The molecule has 2 rings (SSSR count). The molecule has 0 bridgehead atoms. The smallest absolute Gasteiger partial charge is 0.180 e. The van der Waals surface area contributed by atoms with Crippen LogP contribution in [0, 0.1) is 5.92 Å². The van der Waals surface area contributed by atoms with E-state index < -0.39 is 10.8 Å². The van der Waals surface area contributed by atoms with Crippen molar-refractivity contribution in [3.63, 3.8) is 0 Å². The van der Waals surface area contributed by atoms with Crippen molar-refractivity contribution in [2.24, 2.45) is 5.92 Å². The van der Waals surface area contributed by atoms with E-state index in [0.717, 1.165) is 23.2 Å². The lowest BCUT2D eigenvalue weighted by atomic mass is 10.0. The van der Waals surface area contributed by atoms with Crippen molar-refractivity contribution in [3.8, 4) is 0 Å². The molecule has 14 heavy (non-hydrogen) atoms. The minimum atomic E-state index is -0.882. The summed E-state index contributed by atoms with van der Waals surface area (Å²) in [6.45, 7) is 2.12. The van der Waals surface area contributed by atoms with E-state index in [2.05, 4.69) is 10.3 Å². The molecule has 0 radical (unpaired) electrons. The molecule has 0 unspecified atom stereocenters. The van der Waals surface area contributed by atoms with Crippen molar-refractivity contribution in [2.75, 3.05) is 18.8 Å². The van der Waals surface area contributed by atoms with E-state index in [1.165, 1.54) is 24.2 Å². The van der Waals surface area contributed by atoms with Crippen LogP contribution < -0.4 is 5.32 Å². The van der Waals surface area contributed by atoms with Gasteiger partial charge in [0.05, 0.1) is 10.8 Å². The van der Waals surface area contributed by atoms with Crippen LogP contribution in [-0.4, -0.2) is 28.0 Å². The second kappa shape index (κ2) is 5.00. The third-order valence-electron chi connectivity index (χ3n) is 2.39. The number of rotatable bonds is 3. The molecule has 0 aliphatic carbocycles. The lowest BCUT2D eigenvalue weighted by Gasteiger charge is -2.21. The van der Waals surface area contributed by atoms with Gasteiger partial charge in [0.1, 0.15) is 0 Å². The second-order valence-corrected chi connectivity index (χ2v) is 6.09. The Kier molecular flexibility index (Phi) is 3.67. The maximum atomic E-state index is 11.8. The van der Waals surface area contributed by atoms with E-state index in [-0.39, 0.29) is 0 Å². The molecule has 0 saturated carbocycles. The number of thiazole rings is 1. The molecule has 1 aliphatic heterocycles. The van der Waals surface area contributed by atoms with Crippen molar-refractivity contribution in [2.45, 2.75) is 17.2 Å². The first-order chi connectivity index (χ1) is 6.86. The fourth-order valence-electron chi connectivity index (χ4n) is 1.67. The third kappa shape index (κ3) is 2.62. The van der Waals surface area contributed by atoms with Crippen LogP contribution in [0.1, 0.15) is 12.8 Å². The average Bonchev–Trinajstić information content (AvgIpc) is 2.72. The molecule has 0 amide bonds. The Bertz CT molecular complexity index is 294. The highest BCUT2D eigenvalue weighted by molar-refractivity contribution is 7.87. The van der Waals surface area contributed by atoms with Crippen molar-refractivity contribution < 1.29 is 4.21 Å². The van der Waals surface area contributed by atoms with Crippen LogP contribution in [0.15, 0.2) is 15.9 Å². The number of hydrogen-bond acceptors (Lipinski definition) is 4. The highest BCUT2D eigenvalue weighted by atomic mass is 32.2. The Morgan fingerprint density at radius 3 is 3.29 bits per heavy atom. The van der Waals surface area contributed by atoms with Gasteiger partial charge in [-0.1, -0.05) is 0 Å². The standard InChI is InChI=1S/C9H14N2OS2/c12-14(9-11-4-5-13-9)7-8-2-1-3-10-6-8/h4-5,8,10H,1-3,6-7H2/t8-,14-/m1/s1. The zero-order chi connectivity index (χ0) is 9.80. The van der Waals surface area contributed by atoms with Crippen molar-refractivity contribution in [1.82, 2.24) is 10.3 Å². The van der Waals surface area contributed by atoms with Gasteiger partial charge in [0.2, 0.25) is 0 Å². The van der Waals surface area contributed by atoms with Gasteiger partial charge >= 0.3 is 0 Å². The Morgan fingerprint density at radius 1 is 1.71 bits per heavy atom. The van der Waals surface area contributed by atoms with Gasteiger partial charge in [-0.25, -0.2) is 4.98 Å². The molecule has 78 valence electrons. The zero-order valence-corrected chi connectivity index (χ0v) is 9.57. The Labute approximate surface area is 90.4 Å². The van der Waals surface area contributed by atoms with Crippen LogP contribution in [0.2, 0.25) is 0 Å². The lowest BCUT2D eigenvalue weighted by molar-refractivity contribution is 0.408. The van der Waals surface area contributed by atoms with Crippen molar-refractivity contribution in [1.29, 1.82) is 0 Å². The van der Waals surface area contributed by atoms with Crippen LogP contribution in [0.3, 0.4) is 0 Å². The predicted molar refractivity (Wildman–Crippen MR) is 59.0 cm³/mol. The summed E-state index contributed by atoms with van der Waals surface area (Å²) in [7, 11) is -0.882. The minimum Gasteiger partial charge on any atom is -0.316 e. The summed E-state index contributed by atoms with van der Waals surface area (Å²) in [5.41, 5.74) is 0. The van der Waals surface area contributed by atoms with Gasteiger partial charge in [0.25, 0.3) is 0 Å². The lowest BCUT2D eigenvalue weighted by Crippen LogP contribution is -2.32. The van der Waals surface area contributed by atoms with E-state index in [9.17, 15) is 4.21 Å². The number of aromatic nitrogens is 1. The molecule has 0 aromatic carbocycles. The van der Waals surface area contributed by atoms with Crippen LogP contribution in [0.4, 0.5) is 0 Å². The second-order valence-electron chi connectivity index (χ2n) is 3.52. The maximum absolute atomic E-state index is 11.8. The van der Waals surface area contributed by atoms with E-state index in [4.69, 9.17) is 0 Å². The number of hydrogen-bond donors (Lipinski definition) is 1. The number of nitrogens with zero attached hydrogens (tertiary/aromatic N) is 1. The highest BCUT2D eigenvalue weighted by Crippen LogP contribution is 2.16. The first kappa shape index (κ1) is 10.3. The summed E-state index contributed by atoms with van der Waals surface area (Å²) in [5, 5.41) is 5.22. The van der Waals surface area contributed by atoms with Gasteiger partial charge < -0.3 is 5.32 Å². The SMILES string of the molecule is O=[S@](C[C@@H]1CCCNC1)c1nccs1. The van der Waals surface area contributed by atoms with Crippen LogP contribution in [0.5, 0.6) is 0 Å². The van der Waals surface area contributed by atoms with Crippen LogP contribution in [0.25, 0.3) is 0 Å². The topological polar surface area (TPSA) is 42.0 Å². The Hall–Kier alpha value is -0.260. The third-order valence-corrected chi connectivity index (χ3v) is 5.07. The Morgan fingerprint density at radius 2 is 2.64 bits per heavy atom. The molecule has 1 aliphatic rings. The normalized spacial score (nSPS) is 24.7. The van der Waals surface area contributed by atoms with Gasteiger partial charge in [-0.3, -0.25) is 4.21 Å². The molecule has 1 N–H and O–H groups in total. The summed E-state index contributed by atoms with van der Waals surface area (Å²) in [6, 6.07) is 0. The minimum absolute atomic E-state index is 0.563. The number of piperidine rings is 1. The molecule has 2 atom stereocenters. The summed E-state index contributed by atoms with van der Waals surface area (Å²) in [6.07, 6.45) is 4.13. The molecule has 1 aromatic rings. The predicted octanol–water partition coefficient (Wildman–Crippen LogP) is 1.25. The molecule has 1 aromatic heterocycles. The van der Waals surface area contributed by atoms with E-state index in [1.54, 1.807) is 6.20 Å². The van der Waals surface area contributed by atoms with Gasteiger partial charge in [0, 0.05) is 17.3 Å². The molecule has 3 nitrogen and oxygen atoms in total. The molecule has 1 saturated heterocycles. The van der Waals surface area contributed by atoms with Gasteiger partial charge in [-0.05, 0) is 31.8 Å². The molecule has 2 heterocycles. The summed E-state index contributed by atoms with van der Waals surface area (Å²) >= 11 is 1.49. The average molecular weight is 230 g/mol. The van der Waals surface area contributed by atoms with Crippen molar-refractivity contribution in [3.05, 3.63) is 11.6 Å². The van der Waals surface area contributed by atoms with Gasteiger partial charge in [-0.2, -0.15) is 0 Å².